The number of carbonyl (C=O) groups is 1. The van der Waals surface area contributed by atoms with Crippen molar-refractivity contribution >= 4 is 22.0 Å². The first-order valence-electron chi connectivity index (χ1n) is 3.96. The van der Waals surface area contributed by atoms with Gasteiger partial charge in [0.15, 0.2) is 0 Å². The predicted octanol–water partition coefficient (Wildman–Crippen LogP) is 1.18. The van der Waals surface area contributed by atoms with Crippen LogP contribution in [0.2, 0.25) is 0 Å². The van der Waals surface area contributed by atoms with Crippen molar-refractivity contribution < 1.29 is 13.2 Å². The fourth-order valence-corrected chi connectivity index (χ4v) is 1.64. The minimum atomic E-state index is -3.25. The number of carbonyl (C=O) groups excluding carboxylic acids is 1. The van der Waals surface area contributed by atoms with Gasteiger partial charge in [0.05, 0.1) is 6.26 Å². The summed E-state index contributed by atoms with van der Waals surface area (Å²) in [6, 6.07) is 4.75. The van der Waals surface area contributed by atoms with Crippen molar-refractivity contribution in [3.8, 4) is 0 Å². The molecule has 0 amide bonds. The Morgan fingerprint density at radius 3 is 2.43 bits per heavy atom. The molecule has 0 saturated carbocycles. The second-order valence-corrected chi connectivity index (χ2v) is 4.81. The van der Waals surface area contributed by atoms with Gasteiger partial charge in [-0.05, 0) is 30.7 Å². The summed E-state index contributed by atoms with van der Waals surface area (Å²) >= 11 is 0. The van der Waals surface area contributed by atoms with Crippen LogP contribution in [-0.4, -0.2) is 21.0 Å². The van der Waals surface area contributed by atoms with Crippen molar-refractivity contribution in [2.75, 3.05) is 11.0 Å². The number of rotatable bonds is 3. The summed E-state index contributed by atoms with van der Waals surface area (Å²) in [5.41, 5.74) is 1.77. The van der Waals surface area contributed by atoms with E-state index in [-0.39, 0.29) is 0 Å². The Balaban J connectivity index is 3.04. The molecule has 0 saturated heterocycles. The van der Waals surface area contributed by atoms with Crippen molar-refractivity contribution in [3.05, 3.63) is 29.3 Å². The monoisotopic (exact) mass is 213 g/mol. The summed E-state index contributed by atoms with van der Waals surface area (Å²) < 4.78 is 24.1. The van der Waals surface area contributed by atoms with Gasteiger partial charge in [-0.15, -0.1) is 0 Å². The Kier molecular flexibility index (Phi) is 2.90. The molecule has 0 unspecified atom stereocenters. The smallest absolute Gasteiger partial charge is 0.229 e. The van der Waals surface area contributed by atoms with Crippen LogP contribution >= 0.6 is 0 Å². The van der Waals surface area contributed by atoms with Crippen LogP contribution in [0.1, 0.15) is 15.9 Å². The number of benzene rings is 1. The van der Waals surface area contributed by atoms with Gasteiger partial charge in [-0.25, -0.2) is 8.42 Å². The quantitative estimate of drug-likeness (QED) is 0.767. The maximum atomic E-state index is 10.9. The van der Waals surface area contributed by atoms with Gasteiger partial charge in [-0.3, -0.25) is 9.52 Å². The molecular weight excluding hydrogens is 202 g/mol. The van der Waals surface area contributed by atoms with Gasteiger partial charge in [-0.1, -0.05) is 0 Å². The lowest BCUT2D eigenvalue weighted by Crippen LogP contribution is -2.09. The molecule has 0 bridgehead atoms. The molecule has 0 aliphatic carbocycles. The van der Waals surface area contributed by atoms with Crippen molar-refractivity contribution in [1.82, 2.24) is 0 Å². The minimum absolute atomic E-state index is 0.468. The molecule has 1 aromatic rings. The number of aldehydes is 1. The third kappa shape index (κ3) is 2.85. The molecular formula is C9H11NO3S. The van der Waals surface area contributed by atoms with Crippen molar-refractivity contribution in [1.29, 1.82) is 0 Å². The van der Waals surface area contributed by atoms with E-state index in [1.54, 1.807) is 25.1 Å². The maximum Gasteiger partial charge on any atom is 0.229 e. The summed E-state index contributed by atoms with van der Waals surface area (Å²) in [6.45, 7) is 1.75. The van der Waals surface area contributed by atoms with E-state index in [0.717, 1.165) is 18.1 Å². The largest absolute Gasteiger partial charge is 0.298 e. The molecule has 0 aliphatic rings. The highest BCUT2D eigenvalue weighted by Crippen LogP contribution is 2.14. The number of hydrogen-bond donors (Lipinski definition) is 1. The zero-order valence-corrected chi connectivity index (χ0v) is 8.76. The highest BCUT2D eigenvalue weighted by Gasteiger charge is 2.03. The van der Waals surface area contributed by atoms with Crippen LogP contribution in [0.3, 0.4) is 0 Å². The van der Waals surface area contributed by atoms with Crippen LogP contribution in [0.4, 0.5) is 5.69 Å². The zero-order valence-electron chi connectivity index (χ0n) is 7.94. The molecule has 4 nitrogen and oxygen atoms in total. The topological polar surface area (TPSA) is 63.2 Å². The lowest BCUT2D eigenvalue weighted by atomic mass is 10.1. The minimum Gasteiger partial charge on any atom is -0.298 e. The molecule has 0 atom stereocenters. The van der Waals surface area contributed by atoms with E-state index in [1.807, 2.05) is 0 Å². The van der Waals surface area contributed by atoms with Crippen LogP contribution in [-0.2, 0) is 10.0 Å². The van der Waals surface area contributed by atoms with E-state index >= 15 is 0 Å². The van der Waals surface area contributed by atoms with Crippen LogP contribution in [0.15, 0.2) is 18.2 Å². The zero-order chi connectivity index (χ0) is 10.8. The lowest BCUT2D eigenvalue weighted by Gasteiger charge is -2.05. The van der Waals surface area contributed by atoms with Crippen molar-refractivity contribution in [2.24, 2.45) is 0 Å². The number of anilines is 1. The van der Waals surface area contributed by atoms with Gasteiger partial charge in [0.1, 0.15) is 6.29 Å². The van der Waals surface area contributed by atoms with Crippen molar-refractivity contribution in [3.63, 3.8) is 0 Å². The Hall–Kier alpha value is -1.36. The predicted molar refractivity (Wildman–Crippen MR) is 55.0 cm³/mol. The Morgan fingerprint density at radius 2 is 2.00 bits per heavy atom. The van der Waals surface area contributed by atoms with Gasteiger partial charge in [-0.2, -0.15) is 0 Å². The number of nitrogens with one attached hydrogen (secondary N) is 1. The second kappa shape index (κ2) is 3.79. The third-order valence-electron chi connectivity index (χ3n) is 1.70. The summed E-state index contributed by atoms with van der Waals surface area (Å²) in [5, 5.41) is 0. The standard InChI is InChI=1S/C9H11NO3S/c1-7-5-9(10-14(2,12)13)4-3-8(7)6-11/h3-6,10H,1-2H3. The molecule has 1 rings (SSSR count). The Morgan fingerprint density at radius 1 is 1.36 bits per heavy atom. The lowest BCUT2D eigenvalue weighted by molar-refractivity contribution is 0.112. The summed E-state index contributed by atoms with van der Waals surface area (Å²) in [4.78, 5) is 10.5. The molecule has 76 valence electrons. The summed E-state index contributed by atoms with van der Waals surface area (Å²) in [7, 11) is -3.25. The Labute approximate surface area is 83.0 Å². The Bertz CT molecular complexity index is 451. The van der Waals surface area contributed by atoms with Crippen molar-refractivity contribution in [2.45, 2.75) is 6.92 Å². The van der Waals surface area contributed by atoms with E-state index in [0.29, 0.717) is 11.3 Å². The molecule has 1 N–H and O–H groups in total. The van der Waals surface area contributed by atoms with Gasteiger partial charge in [0, 0.05) is 11.3 Å². The normalized spacial score (nSPS) is 11.0. The first-order valence-corrected chi connectivity index (χ1v) is 5.85. The molecule has 5 heteroatoms. The van der Waals surface area contributed by atoms with E-state index in [1.165, 1.54) is 0 Å². The highest BCUT2D eigenvalue weighted by atomic mass is 32.2. The molecule has 0 spiro atoms. The SMILES string of the molecule is Cc1cc(NS(C)(=O)=O)ccc1C=O. The molecule has 0 aliphatic heterocycles. The van der Waals surface area contributed by atoms with E-state index in [9.17, 15) is 13.2 Å². The van der Waals surface area contributed by atoms with Crippen LogP contribution in [0, 0.1) is 6.92 Å². The second-order valence-electron chi connectivity index (χ2n) is 3.06. The molecule has 14 heavy (non-hydrogen) atoms. The molecule has 0 fully saturated rings. The molecule has 0 heterocycles. The molecule has 0 radical (unpaired) electrons. The van der Waals surface area contributed by atoms with Crippen LogP contribution in [0.5, 0.6) is 0 Å². The van der Waals surface area contributed by atoms with E-state index in [2.05, 4.69) is 4.72 Å². The number of aryl methyl sites for hydroxylation is 1. The van der Waals surface area contributed by atoms with Crippen LogP contribution in [0.25, 0.3) is 0 Å². The summed E-state index contributed by atoms with van der Waals surface area (Å²) in [6.07, 6.45) is 1.82. The summed E-state index contributed by atoms with van der Waals surface area (Å²) in [5.74, 6) is 0. The fraction of sp³-hybridized carbons (Fsp3) is 0.222. The molecule has 1 aromatic carbocycles. The maximum absolute atomic E-state index is 10.9. The van der Waals surface area contributed by atoms with Gasteiger partial charge in [0.2, 0.25) is 10.0 Å². The first kappa shape index (κ1) is 10.7. The average molecular weight is 213 g/mol. The van der Waals surface area contributed by atoms with E-state index < -0.39 is 10.0 Å². The van der Waals surface area contributed by atoms with Gasteiger partial charge >= 0.3 is 0 Å². The number of sulfonamides is 1. The average Bonchev–Trinajstić information content (AvgIpc) is 2.01. The van der Waals surface area contributed by atoms with Crippen LogP contribution < -0.4 is 4.72 Å². The fourth-order valence-electron chi connectivity index (χ4n) is 1.09. The highest BCUT2D eigenvalue weighted by molar-refractivity contribution is 7.92. The first-order chi connectivity index (χ1) is 6.42. The van der Waals surface area contributed by atoms with Gasteiger partial charge in [0.25, 0.3) is 0 Å². The molecule has 0 aromatic heterocycles. The van der Waals surface area contributed by atoms with E-state index in [4.69, 9.17) is 0 Å². The number of hydrogen-bond acceptors (Lipinski definition) is 3. The third-order valence-corrected chi connectivity index (χ3v) is 2.31. The van der Waals surface area contributed by atoms with Gasteiger partial charge < -0.3 is 0 Å².